The van der Waals surface area contributed by atoms with Crippen LogP contribution < -0.4 is 29.7 Å². The van der Waals surface area contributed by atoms with Gasteiger partial charge in [0.15, 0.2) is 23.0 Å². The summed E-state index contributed by atoms with van der Waals surface area (Å²) in [5.41, 5.74) is 3.47. The maximum atomic E-state index is 12.3. The Labute approximate surface area is 207 Å². The second-order valence-corrected chi connectivity index (χ2v) is 7.82. The maximum absolute atomic E-state index is 12.3. The van der Waals surface area contributed by atoms with Crippen molar-refractivity contribution in [3.05, 3.63) is 45.0 Å². The van der Waals surface area contributed by atoms with Crippen LogP contribution >= 0.6 is 22.6 Å². The first kappa shape index (κ1) is 26.2. The van der Waals surface area contributed by atoms with Gasteiger partial charge in [0.1, 0.15) is 0 Å². The van der Waals surface area contributed by atoms with Crippen LogP contribution in [-0.2, 0) is 4.79 Å². The highest BCUT2D eigenvalue weighted by Crippen LogP contribution is 2.34. The van der Waals surface area contributed by atoms with Crippen molar-refractivity contribution >= 4 is 40.6 Å². The fourth-order valence-corrected chi connectivity index (χ4v) is 3.51. The first-order valence-electron chi connectivity index (χ1n) is 10.3. The fraction of sp³-hybridized carbons (Fsp3) is 0.348. The highest BCUT2D eigenvalue weighted by molar-refractivity contribution is 14.1. The molecule has 0 heterocycles. The predicted molar refractivity (Wildman–Crippen MR) is 134 cm³/mol. The van der Waals surface area contributed by atoms with E-state index < -0.39 is 11.8 Å². The van der Waals surface area contributed by atoms with Crippen LogP contribution in [0.25, 0.3) is 0 Å². The molecule has 10 heteroatoms. The third-order valence-electron chi connectivity index (χ3n) is 4.24. The van der Waals surface area contributed by atoms with Crippen molar-refractivity contribution in [3.63, 3.8) is 0 Å². The van der Waals surface area contributed by atoms with Crippen molar-refractivity contribution in [2.45, 2.75) is 20.3 Å². The molecule has 9 nitrogen and oxygen atoms in total. The normalized spacial score (nSPS) is 10.6. The van der Waals surface area contributed by atoms with Crippen molar-refractivity contribution in [2.75, 3.05) is 34.0 Å². The average Bonchev–Trinajstić information content (AvgIpc) is 2.81. The van der Waals surface area contributed by atoms with Gasteiger partial charge in [0.25, 0.3) is 11.8 Å². The number of hydrogen-bond donors (Lipinski definition) is 2. The van der Waals surface area contributed by atoms with Gasteiger partial charge in [0.2, 0.25) is 0 Å². The molecule has 0 aromatic heterocycles. The highest BCUT2D eigenvalue weighted by atomic mass is 127. The van der Waals surface area contributed by atoms with E-state index in [0.717, 1.165) is 15.6 Å². The van der Waals surface area contributed by atoms with Gasteiger partial charge >= 0.3 is 0 Å². The monoisotopic (exact) mass is 569 g/mol. The molecule has 0 aliphatic heterocycles. The Morgan fingerprint density at radius 2 is 1.79 bits per heavy atom. The number of nitrogens with one attached hydrogen (secondary N) is 2. The smallest absolute Gasteiger partial charge is 0.259 e. The van der Waals surface area contributed by atoms with Gasteiger partial charge in [-0.15, -0.1) is 0 Å². The number of nitrogens with zero attached hydrogens (tertiary/aromatic N) is 1. The van der Waals surface area contributed by atoms with E-state index in [9.17, 15) is 9.59 Å². The molecule has 0 unspecified atom stereocenters. The molecular weight excluding hydrogens is 541 g/mol. The van der Waals surface area contributed by atoms with Gasteiger partial charge < -0.3 is 24.3 Å². The van der Waals surface area contributed by atoms with E-state index in [1.165, 1.54) is 26.5 Å². The molecule has 0 spiro atoms. The highest BCUT2D eigenvalue weighted by Gasteiger charge is 2.13. The van der Waals surface area contributed by atoms with Crippen molar-refractivity contribution in [3.8, 4) is 23.0 Å². The summed E-state index contributed by atoms with van der Waals surface area (Å²) in [4.78, 5) is 24.4. The summed E-state index contributed by atoms with van der Waals surface area (Å²) in [6.45, 7) is 4.78. The third kappa shape index (κ3) is 7.81. The largest absolute Gasteiger partial charge is 0.493 e. The molecule has 0 atom stereocenters. The first-order chi connectivity index (χ1) is 15.9. The first-order valence-corrected chi connectivity index (χ1v) is 11.4. The Kier molecular flexibility index (Phi) is 10.7. The van der Waals surface area contributed by atoms with Crippen LogP contribution in [0, 0.1) is 3.57 Å². The number of amides is 2. The molecule has 0 saturated carbocycles. The quantitative estimate of drug-likeness (QED) is 0.231. The van der Waals surface area contributed by atoms with Gasteiger partial charge in [-0.3, -0.25) is 9.59 Å². The second kappa shape index (κ2) is 13.5. The fourth-order valence-electron chi connectivity index (χ4n) is 2.73. The molecule has 2 aromatic rings. The third-order valence-corrected chi connectivity index (χ3v) is 5.04. The number of rotatable bonds is 12. The summed E-state index contributed by atoms with van der Waals surface area (Å²) in [6.07, 6.45) is 2.39. The summed E-state index contributed by atoms with van der Waals surface area (Å²) in [5.74, 6) is 1.35. The van der Waals surface area contributed by atoms with E-state index in [1.807, 2.05) is 19.9 Å². The lowest BCUT2D eigenvalue weighted by atomic mass is 10.2. The Balaban J connectivity index is 1.95. The summed E-state index contributed by atoms with van der Waals surface area (Å²) in [6, 6.07) is 8.41. The van der Waals surface area contributed by atoms with E-state index in [2.05, 4.69) is 38.4 Å². The number of hydrogen-bond acceptors (Lipinski definition) is 7. The number of benzene rings is 2. The van der Waals surface area contributed by atoms with Crippen LogP contribution in [0.5, 0.6) is 23.0 Å². The van der Waals surface area contributed by atoms with Crippen molar-refractivity contribution in [2.24, 2.45) is 5.10 Å². The van der Waals surface area contributed by atoms with Crippen LogP contribution in [0.15, 0.2) is 35.4 Å². The molecule has 2 rings (SSSR count). The molecule has 0 fully saturated rings. The summed E-state index contributed by atoms with van der Waals surface area (Å²) < 4.78 is 22.7. The zero-order valence-electron chi connectivity index (χ0n) is 19.1. The standard InChI is InChI=1S/C23H28IN3O6/c1-5-9-33-22-17(24)10-15(11-20(22)32-6-2)13-26-27-21(28)14-25-23(29)16-7-8-18(30-3)19(12-16)31-4/h7-8,10-13H,5-6,9,14H2,1-4H3,(H,25,29)(H,27,28)/b26-13+. The van der Waals surface area contributed by atoms with Crippen molar-refractivity contribution in [1.82, 2.24) is 10.7 Å². The van der Waals surface area contributed by atoms with E-state index in [0.29, 0.717) is 41.8 Å². The Bertz CT molecular complexity index is 996. The van der Waals surface area contributed by atoms with E-state index in [-0.39, 0.29) is 6.54 Å². The molecule has 2 N–H and O–H groups in total. The molecule has 0 aliphatic carbocycles. The molecule has 33 heavy (non-hydrogen) atoms. The van der Waals surface area contributed by atoms with Crippen LogP contribution in [-0.4, -0.2) is 52.0 Å². The van der Waals surface area contributed by atoms with E-state index in [4.69, 9.17) is 18.9 Å². The molecule has 2 amide bonds. The topological polar surface area (TPSA) is 107 Å². The Morgan fingerprint density at radius 1 is 1.03 bits per heavy atom. The summed E-state index contributed by atoms with van der Waals surface area (Å²) in [5, 5.41) is 6.50. The van der Waals surface area contributed by atoms with E-state index >= 15 is 0 Å². The number of carbonyl (C=O) groups is 2. The number of methoxy groups -OCH3 is 2. The SMILES string of the molecule is CCCOc1c(I)cc(/C=N/NC(=O)CNC(=O)c2ccc(OC)c(OC)c2)cc1OCC. The van der Waals surface area contributed by atoms with Gasteiger partial charge in [-0.25, -0.2) is 5.43 Å². The second-order valence-electron chi connectivity index (χ2n) is 6.66. The lowest BCUT2D eigenvalue weighted by molar-refractivity contribution is -0.120. The van der Waals surface area contributed by atoms with Crippen molar-refractivity contribution < 1.29 is 28.5 Å². The summed E-state index contributed by atoms with van der Waals surface area (Å²) >= 11 is 2.17. The van der Waals surface area contributed by atoms with Gasteiger partial charge in [-0.05, 0) is 71.8 Å². The van der Waals surface area contributed by atoms with Gasteiger partial charge in [-0.1, -0.05) is 6.92 Å². The minimum atomic E-state index is -0.470. The minimum absolute atomic E-state index is 0.240. The van der Waals surface area contributed by atoms with E-state index in [1.54, 1.807) is 18.2 Å². The average molecular weight is 569 g/mol. The van der Waals surface area contributed by atoms with Gasteiger partial charge in [-0.2, -0.15) is 5.10 Å². The zero-order valence-corrected chi connectivity index (χ0v) is 21.2. The number of halogens is 1. The van der Waals surface area contributed by atoms with Crippen LogP contribution in [0.1, 0.15) is 36.2 Å². The molecule has 0 aliphatic rings. The molecular formula is C23H28IN3O6. The van der Waals surface area contributed by atoms with Crippen LogP contribution in [0.4, 0.5) is 0 Å². The molecule has 0 saturated heterocycles. The Morgan fingerprint density at radius 3 is 2.45 bits per heavy atom. The van der Waals surface area contributed by atoms with Crippen LogP contribution in [0.3, 0.4) is 0 Å². The van der Waals surface area contributed by atoms with Crippen molar-refractivity contribution in [1.29, 1.82) is 0 Å². The van der Waals surface area contributed by atoms with Gasteiger partial charge in [0.05, 0.1) is 43.8 Å². The Hall–Kier alpha value is -3.02. The number of hydrazone groups is 1. The number of ether oxygens (including phenoxy) is 4. The molecule has 0 bridgehead atoms. The molecule has 2 aromatic carbocycles. The number of carbonyl (C=O) groups excluding carboxylic acids is 2. The predicted octanol–water partition coefficient (Wildman–Crippen LogP) is 3.38. The minimum Gasteiger partial charge on any atom is -0.493 e. The lowest BCUT2D eigenvalue weighted by Crippen LogP contribution is -2.34. The maximum Gasteiger partial charge on any atom is 0.259 e. The lowest BCUT2D eigenvalue weighted by Gasteiger charge is -2.14. The summed E-state index contributed by atoms with van der Waals surface area (Å²) in [7, 11) is 2.99. The zero-order chi connectivity index (χ0) is 24.2. The van der Waals surface area contributed by atoms with Crippen LogP contribution in [0.2, 0.25) is 0 Å². The molecule has 0 radical (unpaired) electrons. The van der Waals surface area contributed by atoms with Gasteiger partial charge in [0, 0.05) is 5.56 Å². The molecule has 178 valence electrons.